The maximum absolute atomic E-state index is 9.91. The van der Waals surface area contributed by atoms with Gasteiger partial charge in [0.25, 0.3) is 0 Å². The Balaban J connectivity index is 2.67. The molecule has 4 heteroatoms. The average Bonchev–Trinajstić information content (AvgIpc) is 2.51. The summed E-state index contributed by atoms with van der Waals surface area (Å²) in [5, 5.41) is 4.48. The highest BCUT2D eigenvalue weighted by atomic mass is 16.5. The van der Waals surface area contributed by atoms with Gasteiger partial charge in [0.2, 0.25) is 6.08 Å². The van der Waals surface area contributed by atoms with E-state index >= 15 is 0 Å². The highest BCUT2D eigenvalue weighted by molar-refractivity contribution is 5.79. The Kier molecular flexibility index (Phi) is 1.47. The minimum atomic E-state index is 0.522. The zero-order valence-electron chi connectivity index (χ0n) is 6.02. The van der Waals surface area contributed by atoms with Crippen LogP contribution in [0, 0.1) is 0 Å². The molecule has 4 nitrogen and oxygen atoms in total. The van der Waals surface area contributed by atoms with E-state index in [9.17, 15) is 4.79 Å². The quantitative estimate of drug-likeness (QED) is 0.472. The van der Waals surface area contributed by atoms with Gasteiger partial charge in [-0.25, -0.2) is 4.79 Å². The normalized spacial score (nSPS) is 9.67. The standard InChI is InChI=1S/C8H4N2O2/c11-5-9-7-2-1-6-4-10-12-8(6)3-7/h1-4H. The minimum Gasteiger partial charge on any atom is -0.356 e. The van der Waals surface area contributed by atoms with Crippen molar-refractivity contribution in [3.63, 3.8) is 0 Å². The molecule has 0 amide bonds. The van der Waals surface area contributed by atoms with Crippen molar-refractivity contribution in [3.05, 3.63) is 24.4 Å². The number of hydrogen-bond acceptors (Lipinski definition) is 4. The molecule has 0 saturated heterocycles. The van der Waals surface area contributed by atoms with Crippen molar-refractivity contribution in [2.75, 3.05) is 0 Å². The Labute approximate surface area is 67.5 Å². The molecule has 0 aliphatic carbocycles. The molecular formula is C8H4N2O2. The molecule has 0 atom stereocenters. The molecule has 0 saturated carbocycles. The second kappa shape index (κ2) is 2.60. The Morgan fingerprint density at radius 2 is 2.42 bits per heavy atom. The van der Waals surface area contributed by atoms with Crippen LogP contribution in [0.15, 0.2) is 33.9 Å². The smallest absolute Gasteiger partial charge is 0.240 e. The first kappa shape index (κ1) is 6.76. The Bertz CT molecular complexity index is 455. The van der Waals surface area contributed by atoms with Gasteiger partial charge in [-0.3, -0.25) is 0 Å². The summed E-state index contributed by atoms with van der Waals surface area (Å²) in [6.07, 6.45) is 3.05. The summed E-state index contributed by atoms with van der Waals surface area (Å²) in [7, 11) is 0. The summed E-state index contributed by atoms with van der Waals surface area (Å²) in [4.78, 5) is 13.4. The fraction of sp³-hybridized carbons (Fsp3) is 0. The summed E-state index contributed by atoms with van der Waals surface area (Å²) in [5.41, 5.74) is 1.14. The lowest BCUT2D eigenvalue weighted by atomic mass is 10.2. The molecule has 1 aromatic heterocycles. The number of aromatic nitrogens is 1. The molecule has 2 aromatic rings. The second-order valence-electron chi connectivity index (χ2n) is 2.25. The number of isocyanates is 1. The monoisotopic (exact) mass is 160 g/mol. The van der Waals surface area contributed by atoms with E-state index < -0.39 is 0 Å². The van der Waals surface area contributed by atoms with Crippen LogP contribution < -0.4 is 0 Å². The third-order valence-electron chi connectivity index (χ3n) is 1.51. The second-order valence-corrected chi connectivity index (χ2v) is 2.25. The molecule has 1 heterocycles. The average molecular weight is 160 g/mol. The molecule has 0 spiro atoms. The lowest BCUT2D eigenvalue weighted by Gasteiger charge is -1.87. The first-order chi connectivity index (χ1) is 5.90. The van der Waals surface area contributed by atoms with Crippen LogP contribution in [0.2, 0.25) is 0 Å². The van der Waals surface area contributed by atoms with Gasteiger partial charge in [0.05, 0.1) is 11.9 Å². The lowest BCUT2D eigenvalue weighted by Crippen LogP contribution is -1.64. The minimum absolute atomic E-state index is 0.522. The lowest BCUT2D eigenvalue weighted by molar-refractivity contribution is 0.456. The largest absolute Gasteiger partial charge is 0.356 e. The van der Waals surface area contributed by atoms with E-state index in [0.29, 0.717) is 11.3 Å². The third-order valence-corrected chi connectivity index (χ3v) is 1.51. The first-order valence-corrected chi connectivity index (χ1v) is 3.32. The van der Waals surface area contributed by atoms with E-state index in [0.717, 1.165) is 5.39 Å². The Morgan fingerprint density at radius 1 is 1.50 bits per heavy atom. The summed E-state index contributed by atoms with van der Waals surface area (Å²) >= 11 is 0. The van der Waals surface area contributed by atoms with Gasteiger partial charge in [0, 0.05) is 11.5 Å². The number of hydrogen-bond donors (Lipinski definition) is 0. The van der Waals surface area contributed by atoms with Crippen molar-refractivity contribution in [2.24, 2.45) is 4.99 Å². The fourth-order valence-corrected chi connectivity index (χ4v) is 0.971. The van der Waals surface area contributed by atoms with Gasteiger partial charge in [-0.1, -0.05) is 5.16 Å². The maximum atomic E-state index is 9.91. The van der Waals surface area contributed by atoms with Crippen molar-refractivity contribution in [3.8, 4) is 0 Å². The highest BCUT2D eigenvalue weighted by Crippen LogP contribution is 2.19. The Morgan fingerprint density at radius 3 is 3.25 bits per heavy atom. The predicted octanol–water partition coefficient (Wildman–Crippen LogP) is 1.80. The SMILES string of the molecule is O=C=Nc1ccc2cnoc2c1. The van der Waals surface area contributed by atoms with E-state index in [2.05, 4.69) is 10.1 Å². The van der Waals surface area contributed by atoms with Crippen molar-refractivity contribution in [2.45, 2.75) is 0 Å². The van der Waals surface area contributed by atoms with E-state index in [1.807, 2.05) is 0 Å². The van der Waals surface area contributed by atoms with Gasteiger partial charge in [-0.2, -0.15) is 4.99 Å². The zero-order chi connectivity index (χ0) is 8.39. The van der Waals surface area contributed by atoms with Crippen molar-refractivity contribution in [1.82, 2.24) is 5.16 Å². The molecule has 0 fully saturated rings. The van der Waals surface area contributed by atoms with E-state index in [-0.39, 0.29) is 0 Å². The molecule has 1 aromatic carbocycles. The molecule has 0 aliphatic rings. The summed E-state index contributed by atoms with van der Waals surface area (Å²) in [5.74, 6) is 0. The molecule has 0 N–H and O–H groups in total. The Hall–Kier alpha value is -1.93. The highest BCUT2D eigenvalue weighted by Gasteiger charge is 1.97. The maximum Gasteiger partial charge on any atom is 0.240 e. The molecule has 0 bridgehead atoms. The van der Waals surface area contributed by atoms with Crippen LogP contribution in [0.1, 0.15) is 0 Å². The summed E-state index contributed by atoms with van der Waals surface area (Å²) < 4.78 is 4.87. The fourth-order valence-electron chi connectivity index (χ4n) is 0.971. The molecule has 58 valence electrons. The topological polar surface area (TPSA) is 55.5 Å². The van der Waals surface area contributed by atoms with Crippen LogP contribution in [-0.2, 0) is 4.79 Å². The van der Waals surface area contributed by atoms with E-state index in [1.54, 1.807) is 24.4 Å². The van der Waals surface area contributed by atoms with E-state index in [1.165, 1.54) is 6.08 Å². The summed E-state index contributed by atoms with van der Waals surface area (Å²) in [6, 6.07) is 5.11. The number of aliphatic imine (C=N–C) groups is 1. The number of carbonyl (C=O) groups excluding carboxylic acids is 1. The van der Waals surface area contributed by atoms with Gasteiger partial charge < -0.3 is 4.52 Å². The van der Waals surface area contributed by atoms with Crippen LogP contribution >= 0.6 is 0 Å². The van der Waals surface area contributed by atoms with Gasteiger partial charge in [0.15, 0.2) is 5.58 Å². The van der Waals surface area contributed by atoms with Gasteiger partial charge >= 0.3 is 0 Å². The van der Waals surface area contributed by atoms with Crippen LogP contribution in [0.25, 0.3) is 11.0 Å². The van der Waals surface area contributed by atoms with Crippen LogP contribution in [0.4, 0.5) is 5.69 Å². The molecule has 0 radical (unpaired) electrons. The molecule has 0 aliphatic heterocycles. The molecule has 12 heavy (non-hydrogen) atoms. The number of fused-ring (bicyclic) bond motifs is 1. The van der Waals surface area contributed by atoms with Gasteiger partial charge in [0.1, 0.15) is 0 Å². The van der Waals surface area contributed by atoms with Crippen molar-refractivity contribution >= 4 is 22.7 Å². The number of nitrogens with zero attached hydrogens (tertiary/aromatic N) is 2. The van der Waals surface area contributed by atoms with Crippen LogP contribution in [0.3, 0.4) is 0 Å². The van der Waals surface area contributed by atoms with Crippen molar-refractivity contribution in [1.29, 1.82) is 0 Å². The molecule has 2 rings (SSSR count). The predicted molar refractivity (Wildman–Crippen MR) is 41.8 cm³/mol. The third kappa shape index (κ3) is 1.00. The van der Waals surface area contributed by atoms with Crippen LogP contribution in [-0.4, -0.2) is 11.2 Å². The van der Waals surface area contributed by atoms with E-state index in [4.69, 9.17) is 4.52 Å². The first-order valence-electron chi connectivity index (χ1n) is 3.32. The summed E-state index contributed by atoms with van der Waals surface area (Å²) in [6.45, 7) is 0. The zero-order valence-corrected chi connectivity index (χ0v) is 6.02. The molecule has 0 unspecified atom stereocenters. The van der Waals surface area contributed by atoms with Crippen molar-refractivity contribution < 1.29 is 9.32 Å². The van der Waals surface area contributed by atoms with Crippen LogP contribution in [0.5, 0.6) is 0 Å². The van der Waals surface area contributed by atoms with Gasteiger partial charge in [-0.15, -0.1) is 0 Å². The van der Waals surface area contributed by atoms with Gasteiger partial charge in [-0.05, 0) is 12.1 Å². The number of benzene rings is 1. The molecular weight excluding hydrogens is 156 g/mol. The number of rotatable bonds is 1.